The van der Waals surface area contributed by atoms with E-state index < -0.39 is 19.8 Å². The first kappa shape index (κ1) is 22.8. The van der Waals surface area contributed by atoms with Gasteiger partial charge in [0.15, 0.2) is 0 Å². The summed E-state index contributed by atoms with van der Waals surface area (Å²) in [5.41, 5.74) is 4.09. The molecule has 0 saturated carbocycles. The third kappa shape index (κ3) is 10.5. The zero-order valence-corrected chi connectivity index (χ0v) is 18.2. The van der Waals surface area contributed by atoms with Crippen molar-refractivity contribution in [3.05, 3.63) is 35.9 Å². The fraction of sp³-hybridized carbons (Fsp3) is 0.524. The first-order valence-corrected chi connectivity index (χ1v) is 12.3. The lowest BCUT2D eigenvalue weighted by Gasteiger charge is -2.20. The first-order valence-electron chi connectivity index (χ1n) is 9.11. The molecule has 0 radical (unpaired) electrons. The van der Waals surface area contributed by atoms with Gasteiger partial charge in [-0.05, 0) is 32.4 Å². The molecule has 0 heterocycles. The summed E-state index contributed by atoms with van der Waals surface area (Å²) in [4.78, 5) is 23.6. The van der Waals surface area contributed by atoms with E-state index in [-0.39, 0.29) is 24.9 Å². The second-order valence-corrected chi connectivity index (χ2v) is 12.5. The molecule has 0 aliphatic rings. The Kier molecular flexibility index (Phi) is 8.58. The van der Waals surface area contributed by atoms with Crippen LogP contribution in [-0.4, -0.2) is 39.4 Å². The average molecular weight is 390 g/mol. The maximum atomic E-state index is 11.9. The summed E-state index contributed by atoms with van der Waals surface area (Å²) in [6.45, 7) is 10.0. The summed E-state index contributed by atoms with van der Waals surface area (Å²) in [6, 6.07) is 11.2. The van der Waals surface area contributed by atoms with Crippen molar-refractivity contribution in [3.63, 3.8) is 0 Å². The van der Waals surface area contributed by atoms with Crippen LogP contribution in [0.4, 0.5) is 4.79 Å². The molecule has 0 unspecified atom stereocenters. The van der Waals surface area contributed by atoms with Gasteiger partial charge in [0.1, 0.15) is 13.7 Å². The molecule has 1 aromatic rings. The van der Waals surface area contributed by atoms with Gasteiger partial charge < -0.3 is 14.8 Å². The highest BCUT2D eigenvalue weighted by Gasteiger charge is 2.21. The number of alkyl carbamates (subject to hydrolysis) is 1. The number of rotatable bonds is 6. The van der Waals surface area contributed by atoms with E-state index in [1.807, 2.05) is 18.2 Å². The largest absolute Gasteiger partial charge is 0.469 e. The van der Waals surface area contributed by atoms with Crippen molar-refractivity contribution in [1.29, 1.82) is 0 Å². The summed E-state index contributed by atoms with van der Waals surface area (Å²) in [7, 11) is -0.470. The molecule has 6 heteroatoms. The highest BCUT2D eigenvalue weighted by atomic mass is 28.3. The summed E-state index contributed by atoms with van der Waals surface area (Å²) < 4.78 is 9.99. The molecule has 0 aliphatic carbocycles. The third-order valence-electron chi connectivity index (χ3n) is 3.64. The van der Waals surface area contributed by atoms with Gasteiger partial charge in [-0.25, -0.2) is 4.79 Å². The van der Waals surface area contributed by atoms with Crippen LogP contribution in [0.25, 0.3) is 0 Å². The van der Waals surface area contributed by atoms with E-state index in [2.05, 4.69) is 42.0 Å². The van der Waals surface area contributed by atoms with Crippen molar-refractivity contribution < 1.29 is 19.1 Å². The number of carbonyl (C=O) groups is 2. The van der Waals surface area contributed by atoms with Gasteiger partial charge in [0.25, 0.3) is 0 Å². The molecule has 0 aliphatic heterocycles. The molecule has 148 valence electrons. The SMILES string of the molecule is COC(=O)C[C@@H](C#C[Si](C)(C)Cc1ccccc1)CNC(=O)OC(C)(C)C. The zero-order chi connectivity index (χ0) is 20.5. The molecule has 0 fully saturated rings. The van der Waals surface area contributed by atoms with Crippen molar-refractivity contribution in [1.82, 2.24) is 5.32 Å². The van der Waals surface area contributed by atoms with E-state index in [1.54, 1.807) is 20.8 Å². The lowest BCUT2D eigenvalue weighted by atomic mass is 10.1. The summed E-state index contributed by atoms with van der Waals surface area (Å²) in [6.07, 6.45) is -0.380. The van der Waals surface area contributed by atoms with Gasteiger partial charge in [-0.1, -0.05) is 43.4 Å². The highest BCUT2D eigenvalue weighted by Crippen LogP contribution is 2.12. The molecule has 1 rings (SSSR count). The zero-order valence-electron chi connectivity index (χ0n) is 17.2. The number of carbonyl (C=O) groups excluding carboxylic acids is 2. The van der Waals surface area contributed by atoms with Crippen LogP contribution >= 0.6 is 0 Å². The van der Waals surface area contributed by atoms with Crippen molar-refractivity contribution >= 4 is 20.1 Å². The summed E-state index contributed by atoms with van der Waals surface area (Å²) in [5.74, 6) is 2.55. The fourth-order valence-electron chi connectivity index (χ4n) is 2.43. The van der Waals surface area contributed by atoms with Gasteiger partial charge in [0.2, 0.25) is 0 Å². The molecule has 0 spiro atoms. The molecule has 27 heavy (non-hydrogen) atoms. The van der Waals surface area contributed by atoms with Gasteiger partial charge in [-0.3, -0.25) is 4.79 Å². The van der Waals surface area contributed by atoms with E-state index in [1.165, 1.54) is 12.7 Å². The predicted octanol–water partition coefficient (Wildman–Crippen LogP) is 3.72. The Hall–Kier alpha value is -2.26. The monoisotopic (exact) mass is 389 g/mol. The average Bonchev–Trinajstić information content (AvgIpc) is 2.56. The summed E-state index contributed by atoms with van der Waals surface area (Å²) >= 11 is 0. The lowest BCUT2D eigenvalue weighted by Crippen LogP contribution is -2.36. The fourth-order valence-corrected chi connectivity index (χ4v) is 4.37. The number of amides is 1. The number of hydrogen-bond acceptors (Lipinski definition) is 4. The molecule has 1 N–H and O–H groups in total. The van der Waals surface area contributed by atoms with Gasteiger partial charge >= 0.3 is 12.1 Å². The van der Waals surface area contributed by atoms with E-state index in [4.69, 9.17) is 9.47 Å². The highest BCUT2D eigenvalue weighted by molar-refractivity contribution is 6.84. The van der Waals surface area contributed by atoms with Crippen LogP contribution in [0, 0.1) is 17.4 Å². The van der Waals surface area contributed by atoms with Crippen LogP contribution in [0.3, 0.4) is 0 Å². The number of esters is 1. The Balaban J connectivity index is 2.78. The lowest BCUT2D eigenvalue weighted by molar-refractivity contribution is -0.141. The molecular weight excluding hydrogens is 358 g/mol. The molecule has 1 aromatic carbocycles. The molecular formula is C21H31NO4Si. The van der Waals surface area contributed by atoms with Gasteiger partial charge in [0, 0.05) is 12.5 Å². The van der Waals surface area contributed by atoms with E-state index in [0.29, 0.717) is 0 Å². The molecule has 0 aromatic heterocycles. The molecule has 1 atom stereocenters. The van der Waals surface area contributed by atoms with Crippen molar-refractivity contribution in [2.45, 2.75) is 51.9 Å². The Labute approximate surface area is 163 Å². The minimum atomic E-state index is -1.82. The van der Waals surface area contributed by atoms with Gasteiger partial charge in [0.05, 0.1) is 13.5 Å². The number of benzene rings is 1. The van der Waals surface area contributed by atoms with E-state index in [0.717, 1.165) is 6.04 Å². The normalized spacial score (nSPS) is 12.4. The van der Waals surface area contributed by atoms with E-state index >= 15 is 0 Å². The Bertz CT molecular complexity index is 684. The Morgan fingerprint density at radius 1 is 1.19 bits per heavy atom. The maximum absolute atomic E-state index is 11.9. The van der Waals surface area contributed by atoms with E-state index in [9.17, 15) is 9.59 Å². The molecule has 0 saturated heterocycles. The van der Waals surface area contributed by atoms with Gasteiger partial charge in [-0.15, -0.1) is 11.5 Å². The minimum Gasteiger partial charge on any atom is -0.469 e. The Morgan fingerprint density at radius 2 is 1.81 bits per heavy atom. The van der Waals surface area contributed by atoms with Crippen LogP contribution in [0.5, 0.6) is 0 Å². The van der Waals surface area contributed by atoms with Crippen molar-refractivity contribution in [3.8, 4) is 11.5 Å². The quantitative estimate of drug-likeness (QED) is 0.457. The van der Waals surface area contributed by atoms with Crippen molar-refractivity contribution in [2.24, 2.45) is 5.92 Å². The van der Waals surface area contributed by atoms with Crippen molar-refractivity contribution in [2.75, 3.05) is 13.7 Å². The van der Waals surface area contributed by atoms with Crippen LogP contribution in [0.2, 0.25) is 13.1 Å². The summed E-state index contributed by atoms with van der Waals surface area (Å²) in [5, 5.41) is 2.70. The predicted molar refractivity (Wildman–Crippen MR) is 110 cm³/mol. The molecule has 0 bridgehead atoms. The number of hydrogen-bond donors (Lipinski definition) is 1. The Morgan fingerprint density at radius 3 is 2.37 bits per heavy atom. The second kappa shape index (κ2) is 10.2. The van der Waals surface area contributed by atoms with Crippen LogP contribution in [-0.2, 0) is 20.3 Å². The van der Waals surface area contributed by atoms with Crippen LogP contribution in [0.15, 0.2) is 30.3 Å². The first-order chi connectivity index (χ1) is 12.5. The molecule has 5 nitrogen and oxygen atoms in total. The number of methoxy groups -OCH3 is 1. The minimum absolute atomic E-state index is 0.134. The van der Waals surface area contributed by atoms with Crippen LogP contribution < -0.4 is 5.32 Å². The third-order valence-corrected chi connectivity index (χ3v) is 5.75. The number of nitrogens with one attached hydrogen (secondary N) is 1. The molecule has 1 amide bonds. The topological polar surface area (TPSA) is 64.6 Å². The number of ether oxygens (including phenoxy) is 2. The van der Waals surface area contributed by atoms with Gasteiger partial charge in [-0.2, -0.15) is 0 Å². The standard InChI is InChI=1S/C21H31NO4Si/c1-21(2,3)26-20(24)22-15-18(14-19(23)25-4)12-13-27(5,6)16-17-10-8-7-9-11-17/h7-11,18H,14-16H2,1-6H3,(H,22,24)/t18-/m1/s1. The van der Waals surface area contributed by atoms with Crippen LogP contribution in [0.1, 0.15) is 32.8 Å². The second-order valence-electron chi connectivity index (χ2n) is 8.18. The smallest absolute Gasteiger partial charge is 0.407 e. The maximum Gasteiger partial charge on any atom is 0.407 e.